The Morgan fingerprint density at radius 1 is 1.29 bits per heavy atom. The summed E-state index contributed by atoms with van der Waals surface area (Å²) < 4.78 is 0.680. The molecule has 0 saturated heterocycles. The van der Waals surface area contributed by atoms with Gasteiger partial charge in [0, 0.05) is 9.84 Å². The van der Waals surface area contributed by atoms with Gasteiger partial charge in [0.15, 0.2) is 0 Å². The van der Waals surface area contributed by atoms with Crippen LogP contribution in [-0.2, 0) is 0 Å². The van der Waals surface area contributed by atoms with Crippen molar-refractivity contribution in [3.05, 3.63) is 47.1 Å². The molecular weight excluding hydrogens is 319 g/mol. The predicted molar refractivity (Wildman–Crippen MR) is 82.2 cm³/mol. The molecular formula is C16H19I. The van der Waals surface area contributed by atoms with Crippen LogP contribution in [0, 0.1) is 17.3 Å². The Bertz CT molecular complexity index is 474. The van der Waals surface area contributed by atoms with E-state index in [1.807, 2.05) is 0 Å². The van der Waals surface area contributed by atoms with Crippen LogP contribution in [0.3, 0.4) is 0 Å². The van der Waals surface area contributed by atoms with E-state index in [2.05, 4.69) is 73.7 Å². The van der Waals surface area contributed by atoms with Gasteiger partial charge in [0.25, 0.3) is 0 Å². The van der Waals surface area contributed by atoms with Crippen molar-refractivity contribution in [3.8, 4) is 0 Å². The monoisotopic (exact) mass is 338 g/mol. The number of halogens is 1. The van der Waals surface area contributed by atoms with E-state index in [1.54, 1.807) is 11.1 Å². The first kappa shape index (κ1) is 11.8. The van der Waals surface area contributed by atoms with Crippen LogP contribution >= 0.6 is 22.6 Å². The molecule has 3 atom stereocenters. The second kappa shape index (κ2) is 3.84. The fourth-order valence-corrected chi connectivity index (χ4v) is 4.16. The Balaban J connectivity index is 2.13. The van der Waals surface area contributed by atoms with Gasteiger partial charge in [-0.1, -0.05) is 72.4 Å². The maximum Gasteiger partial charge on any atom is 0.0330 e. The third-order valence-corrected chi connectivity index (χ3v) is 5.37. The molecule has 0 aromatic rings. The minimum Gasteiger partial charge on any atom is -0.0791 e. The van der Waals surface area contributed by atoms with E-state index in [-0.39, 0.29) is 0 Å². The largest absolute Gasteiger partial charge is 0.0791 e. The molecule has 3 aliphatic carbocycles. The summed E-state index contributed by atoms with van der Waals surface area (Å²) in [6.07, 6.45) is 13.4. The van der Waals surface area contributed by atoms with Crippen LogP contribution in [-0.4, -0.2) is 3.92 Å². The Morgan fingerprint density at radius 3 is 2.82 bits per heavy atom. The Labute approximate surface area is 118 Å². The van der Waals surface area contributed by atoms with Crippen molar-refractivity contribution in [1.29, 1.82) is 0 Å². The molecule has 1 saturated carbocycles. The van der Waals surface area contributed by atoms with Gasteiger partial charge in [0.2, 0.25) is 0 Å². The third-order valence-electron chi connectivity index (χ3n) is 4.50. The first-order valence-corrected chi connectivity index (χ1v) is 7.68. The van der Waals surface area contributed by atoms with Crippen molar-refractivity contribution >= 4 is 22.6 Å². The molecule has 0 N–H and O–H groups in total. The fourth-order valence-electron chi connectivity index (χ4n) is 3.55. The number of allylic oxidation sites excluding steroid dienone is 8. The van der Waals surface area contributed by atoms with Crippen LogP contribution in [0.1, 0.15) is 27.2 Å². The standard InChI is InChI=1S/C16H19I/c1-10-4-6-12-13-7-5-11(17)9-15(13)16(2,3)14(12)8-10/h4,6-9,11-12,14H,5H2,1-3H3. The van der Waals surface area contributed by atoms with E-state index in [1.165, 1.54) is 12.0 Å². The van der Waals surface area contributed by atoms with Crippen molar-refractivity contribution in [2.75, 3.05) is 0 Å². The molecule has 0 aliphatic heterocycles. The number of fused-ring (bicyclic) bond motifs is 3. The summed E-state index contributed by atoms with van der Waals surface area (Å²) in [5.41, 5.74) is 4.93. The first-order valence-electron chi connectivity index (χ1n) is 6.43. The molecule has 1 heteroatoms. The Kier molecular flexibility index (Phi) is 2.66. The highest BCUT2D eigenvalue weighted by molar-refractivity contribution is 14.1. The van der Waals surface area contributed by atoms with Crippen LogP contribution in [0.5, 0.6) is 0 Å². The second-order valence-electron chi connectivity index (χ2n) is 6.03. The highest BCUT2D eigenvalue weighted by Crippen LogP contribution is 2.57. The molecule has 0 amide bonds. The van der Waals surface area contributed by atoms with E-state index < -0.39 is 0 Å². The molecule has 3 unspecified atom stereocenters. The van der Waals surface area contributed by atoms with Gasteiger partial charge in [-0.3, -0.25) is 0 Å². The van der Waals surface area contributed by atoms with Gasteiger partial charge in [0.1, 0.15) is 0 Å². The van der Waals surface area contributed by atoms with Crippen molar-refractivity contribution in [1.82, 2.24) is 0 Å². The maximum atomic E-state index is 2.55. The molecule has 0 spiro atoms. The fraction of sp³-hybridized carbons (Fsp3) is 0.500. The predicted octanol–water partition coefficient (Wildman–Crippen LogP) is 4.83. The average molecular weight is 338 g/mol. The van der Waals surface area contributed by atoms with Crippen molar-refractivity contribution in [3.63, 3.8) is 0 Å². The van der Waals surface area contributed by atoms with E-state index in [9.17, 15) is 0 Å². The van der Waals surface area contributed by atoms with E-state index in [0.29, 0.717) is 21.2 Å². The van der Waals surface area contributed by atoms with E-state index in [4.69, 9.17) is 0 Å². The molecule has 3 aliphatic rings. The maximum absolute atomic E-state index is 2.55. The van der Waals surface area contributed by atoms with Crippen LogP contribution in [0.2, 0.25) is 0 Å². The first-order chi connectivity index (χ1) is 8.00. The molecule has 0 aromatic heterocycles. The lowest BCUT2D eigenvalue weighted by atomic mass is 9.74. The highest BCUT2D eigenvalue weighted by Gasteiger charge is 2.47. The SMILES string of the molecule is CC1=CC2C(C=C1)C1=CCC(I)C=C1C2(C)C. The summed E-state index contributed by atoms with van der Waals surface area (Å²) in [6, 6.07) is 0. The van der Waals surface area contributed by atoms with E-state index >= 15 is 0 Å². The molecule has 90 valence electrons. The smallest absolute Gasteiger partial charge is 0.0330 e. The van der Waals surface area contributed by atoms with Gasteiger partial charge in [-0.15, -0.1) is 0 Å². The van der Waals surface area contributed by atoms with Crippen molar-refractivity contribution in [2.45, 2.75) is 31.1 Å². The molecule has 0 radical (unpaired) electrons. The molecule has 3 rings (SSSR count). The lowest BCUT2D eigenvalue weighted by Gasteiger charge is -2.30. The zero-order chi connectivity index (χ0) is 12.2. The molecule has 0 nitrogen and oxygen atoms in total. The van der Waals surface area contributed by atoms with Gasteiger partial charge in [-0.05, 0) is 35.8 Å². The molecule has 1 fully saturated rings. The summed E-state index contributed by atoms with van der Waals surface area (Å²) in [5, 5.41) is 0. The topological polar surface area (TPSA) is 0 Å². The van der Waals surface area contributed by atoms with Crippen molar-refractivity contribution in [2.24, 2.45) is 17.3 Å². The van der Waals surface area contributed by atoms with Gasteiger partial charge >= 0.3 is 0 Å². The third kappa shape index (κ3) is 1.69. The van der Waals surface area contributed by atoms with Crippen LogP contribution in [0.25, 0.3) is 0 Å². The molecule has 0 aromatic carbocycles. The lowest BCUT2D eigenvalue weighted by molar-refractivity contribution is 0.331. The lowest BCUT2D eigenvalue weighted by Crippen LogP contribution is -2.22. The summed E-state index contributed by atoms with van der Waals surface area (Å²) >= 11 is 2.55. The van der Waals surface area contributed by atoms with Gasteiger partial charge in [-0.2, -0.15) is 0 Å². The van der Waals surface area contributed by atoms with Gasteiger partial charge in [0.05, 0.1) is 0 Å². The number of hydrogen-bond acceptors (Lipinski definition) is 0. The highest BCUT2D eigenvalue weighted by atomic mass is 127. The summed E-state index contributed by atoms with van der Waals surface area (Å²) in [6.45, 7) is 7.04. The van der Waals surface area contributed by atoms with Crippen LogP contribution in [0.4, 0.5) is 0 Å². The molecule has 0 bridgehead atoms. The normalized spacial score (nSPS) is 37.9. The zero-order valence-corrected chi connectivity index (χ0v) is 12.9. The quantitative estimate of drug-likeness (QED) is 0.438. The van der Waals surface area contributed by atoms with Crippen LogP contribution < -0.4 is 0 Å². The molecule has 0 heterocycles. The second-order valence-corrected chi connectivity index (χ2v) is 7.63. The van der Waals surface area contributed by atoms with Crippen molar-refractivity contribution < 1.29 is 0 Å². The summed E-state index contributed by atoms with van der Waals surface area (Å²) in [7, 11) is 0. The number of hydrogen-bond donors (Lipinski definition) is 0. The minimum absolute atomic E-state index is 0.298. The molecule has 17 heavy (non-hydrogen) atoms. The summed E-state index contributed by atoms with van der Waals surface area (Å²) in [4.78, 5) is 0. The van der Waals surface area contributed by atoms with Gasteiger partial charge in [-0.25, -0.2) is 0 Å². The van der Waals surface area contributed by atoms with Gasteiger partial charge < -0.3 is 0 Å². The van der Waals surface area contributed by atoms with Crippen LogP contribution in [0.15, 0.2) is 47.1 Å². The Morgan fingerprint density at radius 2 is 2.06 bits per heavy atom. The van der Waals surface area contributed by atoms with E-state index in [0.717, 1.165) is 0 Å². The average Bonchev–Trinajstić information content (AvgIpc) is 2.49. The number of alkyl halides is 1. The number of rotatable bonds is 0. The minimum atomic E-state index is 0.298. The Hall–Kier alpha value is -0.310. The summed E-state index contributed by atoms with van der Waals surface area (Å²) in [5.74, 6) is 1.29. The zero-order valence-electron chi connectivity index (χ0n) is 10.7.